The minimum atomic E-state index is -2.86. The summed E-state index contributed by atoms with van der Waals surface area (Å²) in [6, 6.07) is 12.3. The van der Waals surface area contributed by atoms with Crippen LogP contribution in [0.1, 0.15) is 11.1 Å². The van der Waals surface area contributed by atoms with Crippen LogP contribution in [0.2, 0.25) is 0 Å². The normalized spacial score (nSPS) is 13.9. The number of alkyl halides is 2. The molecular weight excluding hydrogens is 330 g/mol. The van der Waals surface area contributed by atoms with Gasteiger partial charge in [-0.3, -0.25) is 4.90 Å². The Morgan fingerprint density at radius 2 is 2.00 bits per heavy atom. The zero-order chi connectivity index (χ0) is 17.8. The lowest BCUT2D eigenvalue weighted by molar-refractivity contribution is -0.0504. The molecule has 2 aromatic carbocycles. The number of hydrogen-bond donors (Lipinski definition) is 1. The SMILES string of the molecule is Cc1ccc(OC(F)F)c(CNc2ccc(N3CCOC3=O)cc2)c1. The van der Waals surface area contributed by atoms with Gasteiger partial charge in [-0.15, -0.1) is 0 Å². The van der Waals surface area contributed by atoms with E-state index in [0.29, 0.717) is 25.3 Å². The molecule has 0 spiro atoms. The topological polar surface area (TPSA) is 50.8 Å². The predicted molar refractivity (Wildman–Crippen MR) is 90.3 cm³/mol. The zero-order valence-corrected chi connectivity index (χ0v) is 13.7. The number of halogens is 2. The molecule has 2 aromatic rings. The lowest BCUT2D eigenvalue weighted by Gasteiger charge is -2.15. The summed E-state index contributed by atoms with van der Waals surface area (Å²) in [5, 5.41) is 3.17. The van der Waals surface area contributed by atoms with Crippen molar-refractivity contribution in [3.05, 3.63) is 53.6 Å². The van der Waals surface area contributed by atoms with Crippen molar-refractivity contribution in [1.82, 2.24) is 0 Å². The van der Waals surface area contributed by atoms with Gasteiger partial charge in [0.1, 0.15) is 12.4 Å². The second kappa shape index (κ2) is 7.38. The molecule has 1 aliphatic heterocycles. The van der Waals surface area contributed by atoms with Crippen molar-refractivity contribution in [3.63, 3.8) is 0 Å². The maximum absolute atomic E-state index is 12.5. The van der Waals surface area contributed by atoms with Crippen LogP contribution in [0.15, 0.2) is 42.5 Å². The van der Waals surface area contributed by atoms with Crippen molar-refractivity contribution >= 4 is 17.5 Å². The molecule has 1 N–H and O–H groups in total. The minimum absolute atomic E-state index is 0.157. The molecule has 0 aromatic heterocycles. The average molecular weight is 348 g/mol. The second-order valence-electron chi connectivity index (χ2n) is 5.66. The molecule has 1 fully saturated rings. The van der Waals surface area contributed by atoms with Crippen LogP contribution in [0.4, 0.5) is 25.0 Å². The van der Waals surface area contributed by atoms with Gasteiger partial charge in [-0.05, 0) is 37.3 Å². The zero-order valence-electron chi connectivity index (χ0n) is 13.7. The Labute approximate surface area is 144 Å². The van der Waals surface area contributed by atoms with E-state index >= 15 is 0 Å². The third-order valence-electron chi connectivity index (χ3n) is 3.85. The Balaban J connectivity index is 1.67. The molecule has 0 aliphatic carbocycles. The van der Waals surface area contributed by atoms with E-state index in [-0.39, 0.29) is 11.8 Å². The lowest BCUT2D eigenvalue weighted by Crippen LogP contribution is -2.23. The number of nitrogens with zero attached hydrogens (tertiary/aromatic N) is 1. The number of rotatable bonds is 6. The molecule has 25 heavy (non-hydrogen) atoms. The summed E-state index contributed by atoms with van der Waals surface area (Å²) < 4.78 is 34.5. The largest absolute Gasteiger partial charge is 0.447 e. The van der Waals surface area contributed by atoms with Crippen LogP contribution >= 0.6 is 0 Å². The van der Waals surface area contributed by atoms with E-state index < -0.39 is 6.61 Å². The van der Waals surface area contributed by atoms with Gasteiger partial charge in [0.15, 0.2) is 0 Å². The molecule has 0 saturated carbocycles. The third kappa shape index (κ3) is 4.17. The van der Waals surface area contributed by atoms with Crippen LogP contribution in [0, 0.1) is 6.92 Å². The van der Waals surface area contributed by atoms with E-state index in [1.807, 2.05) is 31.2 Å². The Morgan fingerprint density at radius 1 is 1.24 bits per heavy atom. The predicted octanol–water partition coefficient (Wildman–Crippen LogP) is 4.17. The number of nitrogens with one attached hydrogen (secondary N) is 1. The van der Waals surface area contributed by atoms with Crippen molar-refractivity contribution in [2.75, 3.05) is 23.4 Å². The van der Waals surface area contributed by atoms with Crippen molar-refractivity contribution in [1.29, 1.82) is 0 Å². The first-order valence-electron chi connectivity index (χ1n) is 7.85. The van der Waals surface area contributed by atoms with Crippen LogP contribution in [-0.2, 0) is 11.3 Å². The summed E-state index contributed by atoms with van der Waals surface area (Å²) in [4.78, 5) is 13.1. The lowest BCUT2D eigenvalue weighted by atomic mass is 10.1. The summed E-state index contributed by atoms with van der Waals surface area (Å²) in [5.41, 5.74) is 3.17. The van der Waals surface area contributed by atoms with Crippen molar-refractivity contribution in [3.8, 4) is 5.75 Å². The van der Waals surface area contributed by atoms with E-state index in [4.69, 9.17) is 4.74 Å². The minimum Gasteiger partial charge on any atom is -0.447 e. The number of hydrogen-bond acceptors (Lipinski definition) is 4. The monoisotopic (exact) mass is 348 g/mol. The maximum atomic E-state index is 12.5. The fraction of sp³-hybridized carbons (Fsp3) is 0.278. The van der Waals surface area contributed by atoms with Crippen LogP contribution in [0.3, 0.4) is 0 Å². The van der Waals surface area contributed by atoms with E-state index in [2.05, 4.69) is 10.1 Å². The van der Waals surface area contributed by atoms with Gasteiger partial charge in [0.25, 0.3) is 0 Å². The van der Waals surface area contributed by atoms with Crippen LogP contribution in [-0.4, -0.2) is 25.9 Å². The number of carbonyl (C=O) groups is 1. The van der Waals surface area contributed by atoms with Crippen molar-refractivity contribution < 1.29 is 23.0 Å². The highest BCUT2D eigenvalue weighted by Crippen LogP contribution is 2.25. The second-order valence-corrected chi connectivity index (χ2v) is 5.66. The average Bonchev–Trinajstić information content (AvgIpc) is 3.01. The number of carbonyl (C=O) groups excluding carboxylic acids is 1. The molecule has 0 radical (unpaired) electrons. The fourth-order valence-corrected chi connectivity index (χ4v) is 2.64. The summed E-state index contributed by atoms with van der Waals surface area (Å²) >= 11 is 0. The number of aryl methyl sites for hydroxylation is 1. The molecule has 3 rings (SSSR count). The third-order valence-corrected chi connectivity index (χ3v) is 3.85. The molecule has 1 amide bonds. The first-order valence-corrected chi connectivity index (χ1v) is 7.85. The first-order chi connectivity index (χ1) is 12.0. The molecule has 0 unspecified atom stereocenters. The number of ether oxygens (including phenoxy) is 2. The van der Waals surface area contributed by atoms with Gasteiger partial charge in [-0.25, -0.2) is 4.79 Å². The summed E-state index contributed by atoms with van der Waals surface area (Å²) in [6.45, 7) is 0.289. The van der Waals surface area contributed by atoms with Gasteiger partial charge in [0.2, 0.25) is 0 Å². The van der Waals surface area contributed by atoms with Gasteiger partial charge in [0, 0.05) is 23.5 Å². The smallest absolute Gasteiger partial charge is 0.414 e. The molecule has 1 heterocycles. The summed E-state index contributed by atoms with van der Waals surface area (Å²) in [6.07, 6.45) is -0.353. The molecule has 0 atom stereocenters. The van der Waals surface area contributed by atoms with Crippen molar-refractivity contribution in [2.45, 2.75) is 20.1 Å². The van der Waals surface area contributed by atoms with E-state index in [1.54, 1.807) is 23.1 Å². The number of benzene rings is 2. The van der Waals surface area contributed by atoms with Gasteiger partial charge < -0.3 is 14.8 Å². The first kappa shape index (κ1) is 17.0. The van der Waals surface area contributed by atoms with E-state index in [1.165, 1.54) is 0 Å². The molecular formula is C18H18F2N2O3. The summed E-state index contributed by atoms with van der Waals surface area (Å²) in [7, 11) is 0. The van der Waals surface area contributed by atoms with Gasteiger partial charge in [-0.2, -0.15) is 8.78 Å². The molecule has 5 nitrogen and oxygen atoms in total. The molecule has 1 saturated heterocycles. The van der Waals surface area contributed by atoms with E-state index in [0.717, 1.165) is 16.9 Å². The number of cyclic esters (lactones) is 1. The molecule has 132 valence electrons. The number of amides is 1. The summed E-state index contributed by atoms with van der Waals surface area (Å²) in [5.74, 6) is 0.157. The quantitative estimate of drug-likeness (QED) is 0.851. The molecule has 7 heteroatoms. The van der Waals surface area contributed by atoms with Crippen LogP contribution < -0.4 is 15.0 Å². The Bertz CT molecular complexity index is 750. The fourth-order valence-electron chi connectivity index (χ4n) is 2.64. The Kier molecular flexibility index (Phi) is 5.02. The molecule has 0 bridgehead atoms. The van der Waals surface area contributed by atoms with E-state index in [9.17, 15) is 13.6 Å². The van der Waals surface area contributed by atoms with Gasteiger partial charge in [-0.1, -0.05) is 17.7 Å². The highest BCUT2D eigenvalue weighted by molar-refractivity contribution is 5.89. The van der Waals surface area contributed by atoms with Crippen LogP contribution in [0.25, 0.3) is 0 Å². The number of anilines is 2. The van der Waals surface area contributed by atoms with Gasteiger partial charge >= 0.3 is 12.7 Å². The highest BCUT2D eigenvalue weighted by atomic mass is 19.3. The molecule has 1 aliphatic rings. The van der Waals surface area contributed by atoms with Crippen LogP contribution in [0.5, 0.6) is 5.75 Å². The highest BCUT2D eigenvalue weighted by Gasteiger charge is 2.23. The Hall–Kier alpha value is -2.83. The maximum Gasteiger partial charge on any atom is 0.414 e. The van der Waals surface area contributed by atoms with Crippen molar-refractivity contribution in [2.24, 2.45) is 0 Å². The van der Waals surface area contributed by atoms with Gasteiger partial charge in [0.05, 0.1) is 6.54 Å². The standard InChI is InChI=1S/C18H18F2N2O3/c1-12-2-7-16(25-17(19)20)13(10-12)11-21-14-3-5-15(6-4-14)22-8-9-24-18(22)23/h2-7,10,17,21H,8-9,11H2,1H3. The Morgan fingerprint density at radius 3 is 2.64 bits per heavy atom.